The molecule has 0 saturated heterocycles. The standard InChI is InChI=1S/C20H14N2O3/c1-13-10-17(23)18(20(24)22-16-8-3-2-4-9-16)19(25-13)15-7-5-6-14(11-15)12-21/h2-11H,1H3,(H,22,24). The molecule has 0 bridgehead atoms. The highest BCUT2D eigenvalue weighted by molar-refractivity contribution is 6.07. The molecule has 1 N–H and O–H groups in total. The van der Waals surface area contributed by atoms with Gasteiger partial charge >= 0.3 is 0 Å². The molecule has 1 aromatic heterocycles. The molecule has 0 saturated carbocycles. The van der Waals surface area contributed by atoms with Crippen molar-refractivity contribution in [3.05, 3.63) is 87.8 Å². The third-order valence-corrected chi connectivity index (χ3v) is 3.58. The van der Waals surface area contributed by atoms with Crippen LogP contribution in [-0.4, -0.2) is 5.91 Å². The molecular weight excluding hydrogens is 316 g/mol. The third kappa shape index (κ3) is 3.48. The van der Waals surface area contributed by atoms with Crippen LogP contribution in [0.25, 0.3) is 11.3 Å². The Hall–Kier alpha value is -3.65. The van der Waals surface area contributed by atoms with Crippen molar-refractivity contribution in [1.82, 2.24) is 0 Å². The first-order valence-corrected chi connectivity index (χ1v) is 7.60. The van der Waals surface area contributed by atoms with E-state index in [4.69, 9.17) is 9.68 Å². The smallest absolute Gasteiger partial charge is 0.263 e. The average Bonchev–Trinajstić information content (AvgIpc) is 2.61. The second-order valence-electron chi connectivity index (χ2n) is 5.44. The van der Waals surface area contributed by atoms with E-state index in [1.165, 1.54) is 6.07 Å². The molecule has 3 rings (SSSR count). The van der Waals surface area contributed by atoms with Crippen LogP contribution in [0.15, 0.2) is 69.9 Å². The lowest BCUT2D eigenvalue weighted by molar-refractivity contribution is 0.102. The Morgan fingerprint density at radius 1 is 1.08 bits per heavy atom. The Balaban J connectivity index is 2.11. The van der Waals surface area contributed by atoms with Gasteiger partial charge in [-0.15, -0.1) is 0 Å². The Bertz CT molecular complexity index is 1030. The average molecular weight is 330 g/mol. The van der Waals surface area contributed by atoms with Crippen molar-refractivity contribution in [2.75, 3.05) is 5.32 Å². The fraction of sp³-hybridized carbons (Fsp3) is 0.0500. The summed E-state index contributed by atoms with van der Waals surface area (Å²) >= 11 is 0. The quantitative estimate of drug-likeness (QED) is 0.793. The van der Waals surface area contributed by atoms with Crippen molar-refractivity contribution in [1.29, 1.82) is 5.26 Å². The first kappa shape index (κ1) is 16.2. The molecule has 0 spiro atoms. The molecule has 0 unspecified atom stereocenters. The Kier molecular flexibility index (Phi) is 4.44. The molecule has 0 aliphatic heterocycles. The number of rotatable bonds is 3. The second-order valence-corrected chi connectivity index (χ2v) is 5.44. The summed E-state index contributed by atoms with van der Waals surface area (Å²) in [6.45, 7) is 1.64. The molecule has 0 fully saturated rings. The van der Waals surface area contributed by atoms with Gasteiger partial charge in [0.05, 0.1) is 11.6 Å². The van der Waals surface area contributed by atoms with E-state index >= 15 is 0 Å². The van der Waals surface area contributed by atoms with E-state index in [1.807, 2.05) is 12.1 Å². The SMILES string of the molecule is Cc1cc(=O)c(C(=O)Nc2ccccc2)c(-c2cccc(C#N)c2)o1. The molecule has 0 radical (unpaired) electrons. The Labute approximate surface area is 144 Å². The minimum Gasteiger partial charge on any atom is -0.460 e. The van der Waals surface area contributed by atoms with Crippen LogP contribution >= 0.6 is 0 Å². The molecule has 0 aliphatic rings. The molecule has 2 aromatic carbocycles. The minimum atomic E-state index is -0.558. The van der Waals surface area contributed by atoms with E-state index in [0.717, 1.165) is 0 Å². The van der Waals surface area contributed by atoms with E-state index in [9.17, 15) is 9.59 Å². The van der Waals surface area contributed by atoms with Crippen molar-refractivity contribution in [2.24, 2.45) is 0 Å². The third-order valence-electron chi connectivity index (χ3n) is 3.58. The second kappa shape index (κ2) is 6.85. The number of nitrogens with zero attached hydrogens (tertiary/aromatic N) is 1. The predicted octanol–water partition coefficient (Wildman–Crippen LogP) is 3.74. The van der Waals surface area contributed by atoms with Gasteiger partial charge in [-0.2, -0.15) is 5.26 Å². The molecule has 1 heterocycles. The highest BCUT2D eigenvalue weighted by Gasteiger charge is 2.20. The van der Waals surface area contributed by atoms with Crippen molar-refractivity contribution < 1.29 is 9.21 Å². The number of benzene rings is 2. The molecule has 0 atom stereocenters. The van der Waals surface area contributed by atoms with Crippen molar-refractivity contribution in [3.8, 4) is 17.4 Å². The van der Waals surface area contributed by atoms with Crippen LogP contribution in [0.4, 0.5) is 5.69 Å². The van der Waals surface area contributed by atoms with Gasteiger partial charge in [-0.25, -0.2) is 0 Å². The van der Waals surface area contributed by atoms with E-state index < -0.39 is 11.3 Å². The van der Waals surface area contributed by atoms with Crippen LogP contribution in [0, 0.1) is 18.3 Å². The van der Waals surface area contributed by atoms with Gasteiger partial charge in [0.25, 0.3) is 5.91 Å². The molecule has 3 aromatic rings. The molecule has 5 nitrogen and oxygen atoms in total. The topological polar surface area (TPSA) is 83.1 Å². The number of hydrogen-bond donors (Lipinski definition) is 1. The number of para-hydroxylation sites is 1. The fourth-order valence-corrected chi connectivity index (χ4v) is 2.47. The summed E-state index contributed by atoms with van der Waals surface area (Å²) in [6, 6.07) is 18.7. The number of carbonyl (C=O) groups is 1. The summed E-state index contributed by atoms with van der Waals surface area (Å²) in [5, 5.41) is 11.8. The zero-order valence-corrected chi connectivity index (χ0v) is 13.4. The highest BCUT2D eigenvalue weighted by atomic mass is 16.3. The van der Waals surface area contributed by atoms with Crippen molar-refractivity contribution in [3.63, 3.8) is 0 Å². The maximum Gasteiger partial charge on any atom is 0.263 e. The van der Waals surface area contributed by atoms with Gasteiger partial charge in [-0.1, -0.05) is 30.3 Å². The summed E-state index contributed by atoms with van der Waals surface area (Å²) in [5.41, 5.74) is 0.956. The van der Waals surface area contributed by atoms with E-state index in [-0.39, 0.29) is 11.3 Å². The van der Waals surface area contributed by atoms with Gasteiger partial charge in [0.2, 0.25) is 0 Å². The van der Waals surface area contributed by atoms with Crippen molar-refractivity contribution in [2.45, 2.75) is 6.92 Å². The lowest BCUT2D eigenvalue weighted by Crippen LogP contribution is -2.22. The number of hydrogen-bond acceptors (Lipinski definition) is 4. The lowest BCUT2D eigenvalue weighted by atomic mass is 10.0. The Morgan fingerprint density at radius 2 is 1.84 bits per heavy atom. The van der Waals surface area contributed by atoms with Crippen LogP contribution in [0.1, 0.15) is 21.7 Å². The fourth-order valence-electron chi connectivity index (χ4n) is 2.47. The maximum absolute atomic E-state index is 12.7. The number of amides is 1. The summed E-state index contributed by atoms with van der Waals surface area (Å²) < 4.78 is 5.66. The molecule has 5 heteroatoms. The molecule has 1 amide bonds. The molecular formula is C20H14N2O3. The maximum atomic E-state index is 12.7. The molecule has 0 aliphatic carbocycles. The van der Waals surface area contributed by atoms with Gasteiger partial charge in [-0.05, 0) is 31.2 Å². The van der Waals surface area contributed by atoms with E-state index in [0.29, 0.717) is 22.6 Å². The summed E-state index contributed by atoms with van der Waals surface area (Å²) in [6.07, 6.45) is 0. The zero-order chi connectivity index (χ0) is 17.8. The summed E-state index contributed by atoms with van der Waals surface area (Å²) in [4.78, 5) is 25.1. The number of anilines is 1. The number of nitriles is 1. The van der Waals surface area contributed by atoms with E-state index in [2.05, 4.69) is 5.32 Å². The predicted molar refractivity (Wildman–Crippen MR) is 94.3 cm³/mol. The summed E-state index contributed by atoms with van der Waals surface area (Å²) in [7, 11) is 0. The highest BCUT2D eigenvalue weighted by Crippen LogP contribution is 2.24. The van der Waals surface area contributed by atoms with Crippen molar-refractivity contribution >= 4 is 11.6 Å². The number of nitrogens with one attached hydrogen (secondary N) is 1. The minimum absolute atomic E-state index is 0.0930. The number of aryl methyl sites for hydroxylation is 1. The zero-order valence-electron chi connectivity index (χ0n) is 13.4. The van der Waals surface area contributed by atoms with Crippen LogP contribution in [0.2, 0.25) is 0 Å². The van der Waals surface area contributed by atoms with Crippen LogP contribution in [0.5, 0.6) is 0 Å². The number of carbonyl (C=O) groups excluding carboxylic acids is 1. The first-order valence-electron chi connectivity index (χ1n) is 7.60. The molecule has 122 valence electrons. The summed E-state index contributed by atoms with van der Waals surface area (Å²) in [5.74, 6) is -0.0218. The lowest BCUT2D eigenvalue weighted by Gasteiger charge is -2.10. The van der Waals surface area contributed by atoms with E-state index in [1.54, 1.807) is 55.5 Å². The van der Waals surface area contributed by atoms with Gasteiger partial charge in [0.15, 0.2) is 11.2 Å². The van der Waals surface area contributed by atoms with Gasteiger partial charge < -0.3 is 9.73 Å². The Morgan fingerprint density at radius 3 is 2.56 bits per heavy atom. The van der Waals surface area contributed by atoms with Gasteiger partial charge in [-0.3, -0.25) is 9.59 Å². The van der Waals surface area contributed by atoms with Crippen LogP contribution in [-0.2, 0) is 0 Å². The van der Waals surface area contributed by atoms with Crippen LogP contribution in [0.3, 0.4) is 0 Å². The van der Waals surface area contributed by atoms with Gasteiger partial charge in [0, 0.05) is 17.3 Å². The van der Waals surface area contributed by atoms with Crippen LogP contribution < -0.4 is 10.7 Å². The molecule has 25 heavy (non-hydrogen) atoms. The van der Waals surface area contributed by atoms with Gasteiger partial charge in [0.1, 0.15) is 11.3 Å². The first-order chi connectivity index (χ1) is 12.1. The normalized spacial score (nSPS) is 10.1. The largest absolute Gasteiger partial charge is 0.460 e. The monoisotopic (exact) mass is 330 g/mol.